The number of rotatable bonds is 3. The molecule has 3 heterocycles. The molecule has 1 fully saturated rings. The van der Waals surface area contributed by atoms with E-state index in [0.29, 0.717) is 34.1 Å². The first-order valence-electron chi connectivity index (χ1n) is 10.1. The van der Waals surface area contributed by atoms with E-state index in [1.807, 2.05) is 31.2 Å². The van der Waals surface area contributed by atoms with Crippen molar-refractivity contribution in [2.45, 2.75) is 6.92 Å². The van der Waals surface area contributed by atoms with Crippen LogP contribution in [0.3, 0.4) is 0 Å². The zero-order valence-electron chi connectivity index (χ0n) is 16.9. The molecular weight excluding hydrogens is 417 g/mol. The van der Waals surface area contributed by atoms with Crippen LogP contribution in [0.5, 0.6) is 0 Å². The third-order valence-corrected chi connectivity index (χ3v) is 5.69. The van der Waals surface area contributed by atoms with E-state index < -0.39 is 5.82 Å². The Labute approximate surface area is 183 Å². The van der Waals surface area contributed by atoms with E-state index in [2.05, 4.69) is 10.2 Å². The second-order valence-corrected chi connectivity index (χ2v) is 7.98. The normalized spacial score (nSPS) is 14.4. The van der Waals surface area contributed by atoms with Gasteiger partial charge in [0.1, 0.15) is 11.6 Å². The smallest absolute Gasteiger partial charge is 0.228 e. The second kappa shape index (κ2) is 7.79. The molecule has 1 aliphatic heterocycles. The van der Waals surface area contributed by atoms with Gasteiger partial charge in [-0.3, -0.25) is 0 Å². The number of aryl methyl sites for hydroxylation is 1. The molecule has 31 heavy (non-hydrogen) atoms. The van der Waals surface area contributed by atoms with Gasteiger partial charge in [0.05, 0.1) is 21.8 Å². The number of nitrogen functional groups attached to an aromatic ring is 1. The van der Waals surface area contributed by atoms with Crippen LogP contribution in [0.15, 0.2) is 42.5 Å². The molecule has 0 saturated carbocycles. The Morgan fingerprint density at radius 1 is 1.10 bits per heavy atom. The first-order chi connectivity index (χ1) is 15.0. The van der Waals surface area contributed by atoms with Crippen LogP contribution in [-0.4, -0.2) is 45.9 Å². The Balaban J connectivity index is 1.76. The molecule has 7 nitrogen and oxygen atoms in total. The predicted molar refractivity (Wildman–Crippen MR) is 121 cm³/mol. The first kappa shape index (κ1) is 19.7. The van der Waals surface area contributed by atoms with Gasteiger partial charge in [-0.15, -0.1) is 5.10 Å². The number of benzene rings is 2. The van der Waals surface area contributed by atoms with Crippen molar-refractivity contribution in [2.24, 2.45) is 0 Å². The maximum Gasteiger partial charge on any atom is 0.228 e. The molecule has 2 aromatic heterocycles. The third kappa shape index (κ3) is 3.58. The number of hydrogen-bond donors (Lipinski definition) is 2. The average molecular weight is 438 g/mol. The molecule has 5 rings (SSSR count). The highest BCUT2D eigenvalue weighted by atomic mass is 35.5. The standard InChI is InChI=1S/C22H21ClFN7/c1-13-3-2-4-15(11-13)31-20(25)18-19(14-5-6-17(24)16(23)12-14)27-22(28-21(18)29-31)30-9-7-26-8-10-30/h2-6,11-12,26H,7-10,25H2,1H3. The molecule has 0 bridgehead atoms. The number of nitrogens with one attached hydrogen (secondary N) is 1. The fourth-order valence-electron chi connectivity index (χ4n) is 3.82. The molecule has 0 amide bonds. The molecular formula is C22H21ClFN7. The number of halogens is 2. The first-order valence-corrected chi connectivity index (χ1v) is 10.4. The van der Waals surface area contributed by atoms with E-state index >= 15 is 0 Å². The number of aromatic nitrogens is 4. The lowest BCUT2D eigenvalue weighted by Crippen LogP contribution is -2.44. The highest BCUT2D eigenvalue weighted by Crippen LogP contribution is 2.35. The van der Waals surface area contributed by atoms with Crippen molar-refractivity contribution in [2.75, 3.05) is 36.8 Å². The molecule has 158 valence electrons. The van der Waals surface area contributed by atoms with Crippen molar-refractivity contribution in [3.63, 3.8) is 0 Å². The fourth-order valence-corrected chi connectivity index (χ4v) is 4.00. The summed E-state index contributed by atoms with van der Waals surface area (Å²) < 4.78 is 15.5. The molecule has 9 heteroatoms. The molecule has 2 aromatic carbocycles. The van der Waals surface area contributed by atoms with E-state index in [0.717, 1.165) is 37.4 Å². The van der Waals surface area contributed by atoms with E-state index in [1.54, 1.807) is 16.8 Å². The quantitative estimate of drug-likeness (QED) is 0.509. The Kier molecular flexibility index (Phi) is 4.95. The number of hydrogen-bond acceptors (Lipinski definition) is 6. The average Bonchev–Trinajstić information content (AvgIpc) is 3.12. The zero-order chi connectivity index (χ0) is 21.5. The van der Waals surface area contributed by atoms with Gasteiger partial charge in [-0.25, -0.2) is 14.1 Å². The lowest BCUT2D eigenvalue weighted by atomic mass is 10.1. The summed E-state index contributed by atoms with van der Waals surface area (Å²) in [6, 6.07) is 12.4. The number of nitrogens with two attached hydrogens (primary N) is 1. The van der Waals surface area contributed by atoms with Crippen molar-refractivity contribution >= 4 is 34.4 Å². The van der Waals surface area contributed by atoms with Gasteiger partial charge in [0.2, 0.25) is 5.95 Å². The molecule has 0 aliphatic carbocycles. The molecule has 1 saturated heterocycles. The van der Waals surface area contributed by atoms with Crippen molar-refractivity contribution in [1.29, 1.82) is 0 Å². The van der Waals surface area contributed by atoms with Gasteiger partial charge >= 0.3 is 0 Å². The number of nitrogens with zero attached hydrogens (tertiary/aromatic N) is 5. The van der Waals surface area contributed by atoms with E-state index in [1.165, 1.54) is 6.07 Å². The second-order valence-electron chi connectivity index (χ2n) is 7.57. The van der Waals surface area contributed by atoms with Gasteiger partial charge in [0.15, 0.2) is 5.65 Å². The Morgan fingerprint density at radius 2 is 1.90 bits per heavy atom. The van der Waals surface area contributed by atoms with E-state index in [-0.39, 0.29) is 5.02 Å². The lowest BCUT2D eigenvalue weighted by Gasteiger charge is -2.27. The molecule has 4 aromatic rings. The molecule has 1 aliphatic rings. The summed E-state index contributed by atoms with van der Waals surface area (Å²) in [5, 5.41) is 8.66. The minimum Gasteiger partial charge on any atom is -0.383 e. The van der Waals surface area contributed by atoms with Crippen molar-refractivity contribution in [1.82, 2.24) is 25.1 Å². The van der Waals surface area contributed by atoms with Crippen LogP contribution in [0.4, 0.5) is 16.2 Å². The lowest BCUT2D eigenvalue weighted by molar-refractivity contribution is 0.580. The maximum atomic E-state index is 13.8. The minimum atomic E-state index is -0.485. The van der Waals surface area contributed by atoms with Crippen LogP contribution >= 0.6 is 11.6 Å². The Hall–Kier alpha value is -3.23. The van der Waals surface area contributed by atoms with Gasteiger partial charge in [-0.1, -0.05) is 23.7 Å². The van der Waals surface area contributed by atoms with Crippen molar-refractivity contribution in [3.05, 3.63) is 58.9 Å². The van der Waals surface area contributed by atoms with Gasteiger partial charge in [-0.05, 0) is 42.8 Å². The maximum absolute atomic E-state index is 13.8. The molecule has 0 atom stereocenters. The predicted octanol–water partition coefficient (Wildman–Crippen LogP) is 3.58. The topological polar surface area (TPSA) is 84.9 Å². The summed E-state index contributed by atoms with van der Waals surface area (Å²) in [5.41, 5.74) is 10.2. The van der Waals surface area contributed by atoms with Gasteiger partial charge in [-0.2, -0.15) is 4.98 Å². The largest absolute Gasteiger partial charge is 0.383 e. The monoisotopic (exact) mass is 437 g/mol. The van der Waals surface area contributed by atoms with Gasteiger partial charge in [0, 0.05) is 31.7 Å². The number of piperazine rings is 1. The zero-order valence-corrected chi connectivity index (χ0v) is 17.7. The summed E-state index contributed by atoms with van der Waals surface area (Å²) in [5.74, 6) is 0.503. The number of fused-ring (bicyclic) bond motifs is 1. The third-order valence-electron chi connectivity index (χ3n) is 5.40. The summed E-state index contributed by atoms with van der Waals surface area (Å²) in [6.45, 7) is 5.27. The highest BCUT2D eigenvalue weighted by Gasteiger charge is 2.22. The Bertz CT molecular complexity index is 1280. The van der Waals surface area contributed by atoms with Crippen LogP contribution < -0.4 is 16.0 Å². The SMILES string of the molecule is Cc1cccc(-n2nc3nc(N4CCNCC4)nc(-c4ccc(F)c(Cl)c4)c3c2N)c1. The fraction of sp³-hybridized carbons (Fsp3) is 0.227. The summed E-state index contributed by atoms with van der Waals surface area (Å²) in [7, 11) is 0. The molecule has 3 N–H and O–H groups in total. The summed E-state index contributed by atoms with van der Waals surface area (Å²) >= 11 is 6.07. The minimum absolute atomic E-state index is 0.0256. The number of anilines is 2. The molecule has 0 radical (unpaired) electrons. The molecule has 0 spiro atoms. The molecule has 0 unspecified atom stereocenters. The van der Waals surface area contributed by atoms with Crippen LogP contribution in [-0.2, 0) is 0 Å². The van der Waals surface area contributed by atoms with Gasteiger partial charge < -0.3 is 16.0 Å². The van der Waals surface area contributed by atoms with Crippen LogP contribution in [0.25, 0.3) is 28.0 Å². The van der Waals surface area contributed by atoms with Crippen molar-refractivity contribution < 1.29 is 4.39 Å². The van der Waals surface area contributed by atoms with Crippen LogP contribution in [0.2, 0.25) is 5.02 Å². The summed E-state index contributed by atoms with van der Waals surface area (Å²) in [6.07, 6.45) is 0. The van der Waals surface area contributed by atoms with E-state index in [4.69, 9.17) is 32.4 Å². The van der Waals surface area contributed by atoms with Crippen molar-refractivity contribution in [3.8, 4) is 16.9 Å². The Morgan fingerprint density at radius 3 is 2.65 bits per heavy atom. The van der Waals surface area contributed by atoms with Gasteiger partial charge in [0.25, 0.3) is 0 Å². The van der Waals surface area contributed by atoms with Crippen LogP contribution in [0.1, 0.15) is 5.56 Å². The van der Waals surface area contributed by atoms with E-state index in [9.17, 15) is 4.39 Å². The summed E-state index contributed by atoms with van der Waals surface area (Å²) in [4.78, 5) is 11.6. The van der Waals surface area contributed by atoms with Crippen LogP contribution in [0, 0.1) is 12.7 Å². The highest BCUT2D eigenvalue weighted by molar-refractivity contribution is 6.31.